The van der Waals surface area contributed by atoms with Crippen molar-refractivity contribution in [2.75, 3.05) is 0 Å². The van der Waals surface area contributed by atoms with Crippen molar-refractivity contribution in [1.82, 2.24) is 0 Å². The second kappa shape index (κ2) is 8.52. The van der Waals surface area contributed by atoms with Gasteiger partial charge in [0.25, 0.3) is 0 Å². The molecule has 0 spiro atoms. The zero-order chi connectivity index (χ0) is 10.1. The minimum atomic E-state index is -0.660. The number of carbonyl (C=O) groups is 2. The van der Waals surface area contributed by atoms with Gasteiger partial charge in [-0.15, -0.1) is 0 Å². The average molecular weight is 221 g/mol. The third kappa shape index (κ3) is 8.26. The normalized spacial score (nSPS) is 9.69. The molecule has 0 aliphatic heterocycles. The molecular formula is C10H18O2V. The van der Waals surface area contributed by atoms with Crippen LogP contribution in [0.2, 0.25) is 0 Å². The summed E-state index contributed by atoms with van der Waals surface area (Å²) in [5, 5.41) is 0. The summed E-state index contributed by atoms with van der Waals surface area (Å²) in [6.45, 7) is 4.12. The van der Waals surface area contributed by atoms with Gasteiger partial charge in [-0.1, -0.05) is 0 Å². The molecule has 0 aromatic rings. The van der Waals surface area contributed by atoms with E-state index in [1.807, 2.05) is 0 Å². The van der Waals surface area contributed by atoms with E-state index in [0.29, 0.717) is 12.8 Å². The Bertz CT molecular complexity index is 148. The first-order valence-electron chi connectivity index (χ1n) is 4.98. The van der Waals surface area contributed by atoms with E-state index in [1.54, 1.807) is 0 Å². The van der Waals surface area contributed by atoms with Crippen molar-refractivity contribution in [2.24, 2.45) is 0 Å². The van der Waals surface area contributed by atoms with Crippen LogP contribution in [0.25, 0.3) is 0 Å². The van der Waals surface area contributed by atoms with Gasteiger partial charge >= 0.3 is 87.2 Å². The molecule has 0 radical (unpaired) electrons. The van der Waals surface area contributed by atoms with Gasteiger partial charge in [-0.2, -0.15) is 0 Å². The van der Waals surface area contributed by atoms with Crippen LogP contribution in [0.1, 0.15) is 52.4 Å². The van der Waals surface area contributed by atoms with Crippen LogP contribution in [-0.2, 0) is 25.9 Å². The molecule has 0 N–H and O–H groups in total. The van der Waals surface area contributed by atoms with Gasteiger partial charge < -0.3 is 0 Å². The van der Waals surface area contributed by atoms with Crippen LogP contribution in [0.3, 0.4) is 0 Å². The second-order valence-corrected chi connectivity index (χ2v) is 5.01. The summed E-state index contributed by atoms with van der Waals surface area (Å²) in [5.41, 5.74) is 0. The Morgan fingerprint density at radius 3 is 1.62 bits per heavy atom. The van der Waals surface area contributed by atoms with E-state index in [-0.39, 0.29) is 8.99 Å². The van der Waals surface area contributed by atoms with Crippen LogP contribution in [-0.4, -0.2) is 8.99 Å². The zero-order valence-electron chi connectivity index (χ0n) is 8.51. The van der Waals surface area contributed by atoms with Gasteiger partial charge in [-0.05, 0) is 0 Å². The van der Waals surface area contributed by atoms with Crippen LogP contribution in [0.4, 0.5) is 0 Å². The van der Waals surface area contributed by atoms with Crippen molar-refractivity contribution in [3.05, 3.63) is 0 Å². The molecule has 13 heavy (non-hydrogen) atoms. The Morgan fingerprint density at radius 2 is 1.31 bits per heavy atom. The topological polar surface area (TPSA) is 34.1 Å². The Hall–Kier alpha value is -0.0756. The first-order chi connectivity index (χ1) is 6.20. The SMILES string of the molecule is CCCC[C](=O)[V][C](=O)CCCC. The fourth-order valence-electron chi connectivity index (χ4n) is 0.907. The maximum atomic E-state index is 11.2. The summed E-state index contributed by atoms with van der Waals surface area (Å²) in [6.07, 6.45) is 5.19. The van der Waals surface area contributed by atoms with Gasteiger partial charge in [-0.3, -0.25) is 0 Å². The molecule has 0 saturated heterocycles. The molecule has 3 heteroatoms. The quantitative estimate of drug-likeness (QED) is 0.631. The van der Waals surface area contributed by atoms with E-state index in [4.69, 9.17) is 0 Å². The van der Waals surface area contributed by atoms with Crippen LogP contribution >= 0.6 is 0 Å². The van der Waals surface area contributed by atoms with Gasteiger partial charge in [0.1, 0.15) is 0 Å². The Kier molecular flexibility index (Phi) is 8.47. The summed E-state index contributed by atoms with van der Waals surface area (Å²) in [4.78, 5) is 22.4. The van der Waals surface area contributed by atoms with Crippen molar-refractivity contribution in [3.63, 3.8) is 0 Å². The van der Waals surface area contributed by atoms with Crippen molar-refractivity contribution in [2.45, 2.75) is 52.4 Å². The molecule has 75 valence electrons. The summed E-state index contributed by atoms with van der Waals surface area (Å²) >= 11 is -0.660. The van der Waals surface area contributed by atoms with Crippen molar-refractivity contribution >= 4 is 8.99 Å². The number of carbonyl (C=O) groups excluding carboxylic acids is 2. The minimum absolute atomic E-state index is 0.208. The van der Waals surface area contributed by atoms with E-state index >= 15 is 0 Å². The first-order valence-corrected chi connectivity index (χ1v) is 6.37. The molecule has 2 nitrogen and oxygen atoms in total. The van der Waals surface area contributed by atoms with Crippen LogP contribution < -0.4 is 0 Å². The molecule has 0 saturated carbocycles. The molecular weight excluding hydrogens is 203 g/mol. The third-order valence-corrected chi connectivity index (χ3v) is 3.22. The van der Waals surface area contributed by atoms with Gasteiger partial charge in [0, 0.05) is 0 Å². The molecule has 0 bridgehead atoms. The van der Waals surface area contributed by atoms with E-state index < -0.39 is 16.3 Å². The maximum absolute atomic E-state index is 11.2. The van der Waals surface area contributed by atoms with E-state index in [1.165, 1.54) is 0 Å². The third-order valence-electron chi connectivity index (χ3n) is 1.74. The zero-order valence-corrected chi connectivity index (χ0v) is 9.90. The van der Waals surface area contributed by atoms with Crippen molar-refractivity contribution in [3.8, 4) is 0 Å². The van der Waals surface area contributed by atoms with Gasteiger partial charge in [-0.25, -0.2) is 0 Å². The number of hydrogen-bond donors (Lipinski definition) is 0. The molecule has 0 atom stereocenters. The Labute approximate surface area is 87.5 Å². The van der Waals surface area contributed by atoms with E-state index in [9.17, 15) is 9.59 Å². The van der Waals surface area contributed by atoms with Crippen molar-refractivity contribution in [1.29, 1.82) is 0 Å². The van der Waals surface area contributed by atoms with E-state index in [2.05, 4.69) is 13.8 Å². The van der Waals surface area contributed by atoms with Crippen molar-refractivity contribution < 1.29 is 25.9 Å². The number of unbranched alkanes of at least 4 members (excludes halogenated alkanes) is 2. The molecule has 0 aliphatic carbocycles. The molecule has 0 fully saturated rings. The Morgan fingerprint density at radius 1 is 0.923 bits per heavy atom. The molecule has 0 heterocycles. The predicted octanol–water partition coefficient (Wildman–Crippen LogP) is 2.50. The first kappa shape index (κ1) is 12.9. The molecule has 0 aromatic carbocycles. The Balaban J connectivity index is 3.47. The standard InChI is InChI=1S/2C5H9O.V/c2*1-2-3-4-5-6;/h2*2-4H2,1H3;. The average Bonchev–Trinajstić information content (AvgIpc) is 2.11. The second-order valence-electron chi connectivity index (χ2n) is 3.11. The molecule has 0 aromatic heterocycles. The number of rotatable bonds is 8. The summed E-state index contributed by atoms with van der Waals surface area (Å²) in [6, 6.07) is 0. The summed E-state index contributed by atoms with van der Waals surface area (Å²) in [5.74, 6) is 0. The van der Waals surface area contributed by atoms with E-state index in [0.717, 1.165) is 25.7 Å². The summed E-state index contributed by atoms with van der Waals surface area (Å²) < 4.78 is 0.415. The van der Waals surface area contributed by atoms with Crippen LogP contribution in [0.5, 0.6) is 0 Å². The summed E-state index contributed by atoms with van der Waals surface area (Å²) in [7, 11) is 0. The number of hydrogen-bond acceptors (Lipinski definition) is 2. The van der Waals surface area contributed by atoms with Gasteiger partial charge in [0.05, 0.1) is 0 Å². The fraction of sp³-hybridized carbons (Fsp3) is 0.800. The van der Waals surface area contributed by atoms with Crippen LogP contribution in [0.15, 0.2) is 0 Å². The fourth-order valence-corrected chi connectivity index (χ4v) is 2.18. The van der Waals surface area contributed by atoms with Crippen LogP contribution in [0, 0.1) is 0 Å². The molecule has 0 amide bonds. The molecule has 0 rings (SSSR count). The molecule has 0 aliphatic rings. The van der Waals surface area contributed by atoms with Gasteiger partial charge in [0.2, 0.25) is 0 Å². The monoisotopic (exact) mass is 221 g/mol. The van der Waals surface area contributed by atoms with Gasteiger partial charge in [0.15, 0.2) is 0 Å². The molecule has 0 unspecified atom stereocenters. The predicted molar refractivity (Wildman–Crippen MR) is 49.1 cm³/mol.